The van der Waals surface area contributed by atoms with E-state index in [1.165, 1.54) is 30.3 Å². The van der Waals surface area contributed by atoms with E-state index in [0.29, 0.717) is 30.5 Å². The number of nitrogens with zero attached hydrogens (tertiary/aromatic N) is 2. The lowest BCUT2D eigenvalue weighted by atomic mass is 9.96. The molecule has 1 fully saturated rings. The van der Waals surface area contributed by atoms with Crippen LogP contribution in [0.15, 0.2) is 36.8 Å². The van der Waals surface area contributed by atoms with Gasteiger partial charge < -0.3 is 63.0 Å². The van der Waals surface area contributed by atoms with E-state index in [9.17, 15) is 48.6 Å². The first-order valence-corrected chi connectivity index (χ1v) is 23.7. The molecule has 0 saturated carbocycles. The summed E-state index contributed by atoms with van der Waals surface area (Å²) in [6.45, 7) is 12.1. The van der Waals surface area contributed by atoms with Crippen LogP contribution in [0.2, 0.25) is 0 Å². The van der Waals surface area contributed by atoms with E-state index in [1.807, 2.05) is 0 Å². The number of phenols is 1. The number of carbonyl (C=O) groups excluding carboxylic acids is 7. The summed E-state index contributed by atoms with van der Waals surface area (Å²) in [5.41, 5.74) is 6.30. The van der Waals surface area contributed by atoms with Crippen molar-refractivity contribution in [2.45, 2.75) is 148 Å². The molecule has 24 heteroatoms. The molecular weight excluding hydrogens is 911 g/mol. The second kappa shape index (κ2) is 28.0. The molecule has 3 rings (SSSR count). The van der Waals surface area contributed by atoms with E-state index in [1.54, 1.807) is 59.9 Å². The van der Waals surface area contributed by atoms with E-state index in [4.69, 9.17) is 17.0 Å². The summed E-state index contributed by atoms with van der Waals surface area (Å²) in [6.07, 6.45) is 3.47. The zero-order valence-corrected chi connectivity index (χ0v) is 41.0. The van der Waals surface area contributed by atoms with Gasteiger partial charge in [-0.25, -0.2) is 15.7 Å². The smallest absolute Gasteiger partial charge is 0.326 e. The molecule has 1 aliphatic rings. The van der Waals surface area contributed by atoms with Gasteiger partial charge in [-0.3, -0.25) is 43.8 Å². The SMILES string of the molecule is CCC(C)[C@H](NC(=O)[C@@H]1CCCN1C(=O)[C@H](Cc1c[nH]cn1)NC(=O)[C@@H](NC(=O)[C@H](Cc1ccc(O)cc1)NC(=O)[C@@H](NC(=O)[C@H](CCCNC(=N)N)NC(=O)C(C)ON)C(C)C)C(C)CC)C(=O)O. The van der Waals surface area contributed by atoms with E-state index in [2.05, 4.69) is 52.0 Å². The van der Waals surface area contributed by atoms with Crippen molar-refractivity contribution in [1.82, 2.24) is 52.1 Å². The van der Waals surface area contributed by atoms with Gasteiger partial charge in [0.05, 0.1) is 12.0 Å². The minimum atomic E-state index is -1.37. The van der Waals surface area contributed by atoms with Crippen molar-refractivity contribution < 1.29 is 53.4 Å². The van der Waals surface area contributed by atoms with Crippen molar-refractivity contribution in [3.05, 3.63) is 48.0 Å². The number of hydrogen-bond donors (Lipinski definition) is 13. The Labute approximate surface area is 407 Å². The third-order valence-corrected chi connectivity index (χ3v) is 12.4. The van der Waals surface area contributed by atoms with E-state index >= 15 is 0 Å². The fourth-order valence-electron chi connectivity index (χ4n) is 7.74. The number of aromatic hydroxyl groups is 1. The highest BCUT2D eigenvalue weighted by Gasteiger charge is 2.41. The van der Waals surface area contributed by atoms with Crippen molar-refractivity contribution in [2.75, 3.05) is 13.1 Å². The molecule has 15 N–H and O–H groups in total. The number of nitrogens with one attached hydrogen (secondary N) is 9. The maximum absolute atomic E-state index is 14.5. The second-order valence-electron chi connectivity index (χ2n) is 18.1. The topological polar surface area (TPSA) is 378 Å². The summed E-state index contributed by atoms with van der Waals surface area (Å²) >= 11 is 0. The zero-order chi connectivity index (χ0) is 52.2. The molecule has 1 aromatic heterocycles. The van der Waals surface area contributed by atoms with Crippen LogP contribution in [0.1, 0.15) is 98.2 Å². The number of aliphatic carboxylic acids is 1. The molecule has 1 aromatic carbocycles. The number of phenolic OH excluding ortho intramolecular Hbond substituents is 1. The summed E-state index contributed by atoms with van der Waals surface area (Å²) in [6, 6.07) is -2.69. The molecule has 0 radical (unpaired) electrons. The molecule has 2 heterocycles. The minimum absolute atomic E-state index is 0.0496. The number of hydrogen-bond acceptors (Lipinski definition) is 13. The lowest BCUT2D eigenvalue weighted by molar-refractivity contribution is -0.146. The highest BCUT2D eigenvalue weighted by atomic mass is 16.6. The Kier molecular flexibility index (Phi) is 23.0. The molecule has 0 spiro atoms. The summed E-state index contributed by atoms with van der Waals surface area (Å²) in [4.78, 5) is 123. The number of benzene rings is 1. The summed E-state index contributed by atoms with van der Waals surface area (Å²) in [7, 11) is 0. The zero-order valence-electron chi connectivity index (χ0n) is 41.0. The van der Waals surface area contributed by atoms with E-state index in [0.717, 1.165) is 0 Å². The first kappa shape index (κ1) is 57.5. The monoisotopic (exact) mass is 984 g/mol. The van der Waals surface area contributed by atoms with Crippen LogP contribution in [-0.4, -0.2) is 140 Å². The molecule has 388 valence electrons. The Morgan fingerprint density at radius 3 is 1.96 bits per heavy atom. The molecule has 3 unspecified atom stereocenters. The Balaban J connectivity index is 1.93. The molecular formula is C46H73N13O11. The Bertz CT molecular complexity index is 2090. The maximum Gasteiger partial charge on any atom is 0.326 e. The van der Waals surface area contributed by atoms with Crippen LogP contribution < -0.4 is 48.8 Å². The maximum atomic E-state index is 14.5. The van der Waals surface area contributed by atoms with Gasteiger partial charge in [0, 0.05) is 32.1 Å². The number of aromatic nitrogens is 2. The number of imidazole rings is 1. The number of likely N-dealkylation sites (tertiary alicyclic amines) is 1. The third kappa shape index (κ3) is 17.3. The molecule has 24 nitrogen and oxygen atoms in total. The van der Waals surface area contributed by atoms with Crippen molar-refractivity contribution in [1.29, 1.82) is 5.41 Å². The molecule has 2 aromatic rings. The fraction of sp³-hybridized carbons (Fsp3) is 0.609. The average Bonchev–Trinajstić information content (AvgIpc) is 4.04. The van der Waals surface area contributed by atoms with Crippen LogP contribution in [0.25, 0.3) is 0 Å². The molecule has 1 saturated heterocycles. The van der Waals surface area contributed by atoms with Gasteiger partial charge >= 0.3 is 5.97 Å². The third-order valence-electron chi connectivity index (χ3n) is 12.4. The molecule has 0 bridgehead atoms. The van der Waals surface area contributed by atoms with Gasteiger partial charge in [0.2, 0.25) is 35.4 Å². The number of carbonyl (C=O) groups is 8. The van der Waals surface area contributed by atoms with Crippen LogP contribution in [0.5, 0.6) is 5.75 Å². The predicted molar refractivity (Wildman–Crippen MR) is 256 cm³/mol. The van der Waals surface area contributed by atoms with Gasteiger partial charge in [-0.2, -0.15) is 0 Å². The number of carboxylic acids is 1. The average molecular weight is 984 g/mol. The quantitative estimate of drug-likeness (QED) is 0.0214. The first-order chi connectivity index (χ1) is 33.1. The Hall–Kier alpha value is -6.82. The van der Waals surface area contributed by atoms with Crippen LogP contribution in [-0.2, 0) is 56.0 Å². The molecule has 0 aliphatic carbocycles. The van der Waals surface area contributed by atoms with Gasteiger partial charge in [-0.1, -0.05) is 66.5 Å². The number of rotatable bonds is 28. The standard InChI is InChI=1S/C46H73N13O11/c1-8-25(5)36(43(66)55-33(21-29-22-50-23-52-29)44(67)59-19-11-13-34(59)41(64)58-37(45(68)69)26(6)9-2)57-40(63)32(20-28-14-16-30(60)17-15-28)54-42(65)35(24(3)4)56-39(62)31(12-10-18-51-46(47)48)53-38(61)27(7)70-49/h14-17,22-27,31-37,60H,8-13,18-21,49H2,1-7H3,(H,50,52)(H,53,61)(H,54,65)(H,55,66)(H,56,62)(H,57,63)(H,58,64)(H,68,69)(H4,47,48,51)/t25?,26?,27?,31-,32-,33-,34-,35-,36-,37-/m0/s1. The minimum Gasteiger partial charge on any atom is -0.508 e. The lowest BCUT2D eigenvalue weighted by Gasteiger charge is -2.32. The second-order valence-corrected chi connectivity index (χ2v) is 18.1. The van der Waals surface area contributed by atoms with Gasteiger partial charge in [-0.05, 0) is 68.1 Å². The van der Waals surface area contributed by atoms with Gasteiger partial charge in [0.1, 0.15) is 48.0 Å². The van der Waals surface area contributed by atoms with Crippen molar-refractivity contribution in [3.63, 3.8) is 0 Å². The number of H-pyrrole nitrogens is 1. The molecule has 10 atom stereocenters. The summed E-state index contributed by atoms with van der Waals surface area (Å²) in [5, 5.41) is 46.0. The van der Waals surface area contributed by atoms with E-state index < -0.39 is 113 Å². The fourth-order valence-corrected chi connectivity index (χ4v) is 7.74. The summed E-state index contributed by atoms with van der Waals surface area (Å²) < 4.78 is 0. The molecule has 7 amide bonds. The first-order valence-electron chi connectivity index (χ1n) is 23.7. The molecule has 70 heavy (non-hydrogen) atoms. The van der Waals surface area contributed by atoms with E-state index in [-0.39, 0.29) is 56.9 Å². The normalized spacial score (nSPS) is 17.3. The largest absolute Gasteiger partial charge is 0.508 e. The predicted octanol–water partition coefficient (Wildman–Crippen LogP) is -0.825. The highest BCUT2D eigenvalue weighted by Crippen LogP contribution is 2.22. The number of nitrogens with two attached hydrogens (primary N) is 2. The number of amides is 7. The highest BCUT2D eigenvalue weighted by molar-refractivity contribution is 5.98. The number of carboxylic acid groups (broad SMARTS) is 1. The van der Waals surface area contributed by atoms with Crippen molar-refractivity contribution in [2.24, 2.45) is 29.4 Å². The lowest BCUT2D eigenvalue weighted by Crippen LogP contribution is -2.62. The van der Waals surface area contributed by atoms with Crippen LogP contribution in [0, 0.1) is 23.2 Å². The van der Waals surface area contributed by atoms with Crippen molar-refractivity contribution >= 4 is 53.3 Å². The van der Waals surface area contributed by atoms with Crippen LogP contribution in [0.3, 0.4) is 0 Å². The van der Waals surface area contributed by atoms with Gasteiger partial charge in [-0.15, -0.1) is 0 Å². The Morgan fingerprint density at radius 2 is 1.39 bits per heavy atom. The number of guanidine groups is 1. The van der Waals surface area contributed by atoms with Crippen molar-refractivity contribution in [3.8, 4) is 5.75 Å². The van der Waals surface area contributed by atoms with Gasteiger partial charge in [0.25, 0.3) is 5.91 Å². The number of aromatic amines is 1. The summed E-state index contributed by atoms with van der Waals surface area (Å²) in [5.74, 6) is -2.85. The van der Waals surface area contributed by atoms with Crippen LogP contribution in [0.4, 0.5) is 0 Å². The molecule has 1 aliphatic heterocycles. The Morgan fingerprint density at radius 1 is 0.800 bits per heavy atom. The van der Waals surface area contributed by atoms with Gasteiger partial charge in [0.15, 0.2) is 12.1 Å². The van der Waals surface area contributed by atoms with Crippen LogP contribution >= 0.6 is 0 Å².